The van der Waals surface area contributed by atoms with Gasteiger partial charge in [0.15, 0.2) is 0 Å². The Bertz CT molecular complexity index is 2530. The molecular formula is C48H34N2. The van der Waals surface area contributed by atoms with Crippen molar-refractivity contribution in [2.45, 2.75) is 0 Å². The number of benzene rings is 8. The van der Waals surface area contributed by atoms with E-state index in [9.17, 15) is 0 Å². The van der Waals surface area contributed by atoms with Crippen molar-refractivity contribution in [3.05, 3.63) is 200 Å². The maximum Gasteiger partial charge on any atom is 0.0547 e. The van der Waals surface area contributed by atoms with Gasteiger partial charge >= 0.3 is 0 Å². The highest BCUT2D eigenvalue weighted by Crippen LogP contribution is 2.39. The minimum atomic E-state index is 1.04. The van der Waals surface area contributed by atoms with Crippen molar-refractivity contribution in [2.75, 3.05) is 5.32 Å². The van der Waals surface area contributed by atoms with Crippen molar-refractivity contribution in [3.63, 3.8) is 0 Å². The highest BCUT2D eigenvalue weighted by molar-refractivity contribution is 6.10. The van der Waals surface area contributed by atoms with Gasteiger partial charge in [0.05, 0.1) is 11.0 Å². The first kappa shape index (κ1) is 29.5. The van der Waals surface area contributed by atoms with Crippen LogP contribution < -0.4 is 5.32 Å². The van der Waals surface area contributed by atoms with E-state index in [4.69, 9.17) is 0 Å². The Kier molecular flexibility index (Phi) is 7.53. The molecule has 9 rings (SSSR count). The standard InChI is InChI=1S/C48H34N2/c1-5-15-34(16-6-1)39-29-40(35-17-7-2-8-18-35)31-41(30-39)49-46-32-37(25-27-43(46)36-19-9-3-10-20-36)38-26-28-45-44-23-13-14-24-47(44)50(48(45)33-38)42-21-11-4-12-22-42/h1-33,49H. The molecule has 0 aliphatic carbocycles. The first-order valence-electron chi connectivity index (χ1n) is 17.1. The van der Waals surface area contributed by atoms with Gasteiger partial charge in [0.1, 0.15) is 0 Å². The second-order valence-corrected chi connectivity index (χ2v) is 12.7. The number of hydrogen-bond donors (Lipinski definition) is 1. The molecule has 236 valence electrons. The molecule has 0 saturated carbocycles. The first-order chi connectivity index (χ1) is 24.8. The second kappa shape index (κ2) is 12.8. The van der Waals surface area contributed by atoms with Crippen LogP contribution in [0.3, 0.4) is 0 Å². The van der Waals surface area contributed by atoms with E-state index in [1.807, 2.05) is 0 Å². The number of nitrogens with one attached hydrogen (secondary N) is 1. The zero-order valence-electron chi connectivity index (χ0n) is 27.5. The Balaban J connectivity index is 1.20. The van der Waals surface area contributed by atoms with Crippen LogP contribution >= 0.6 is 0 Å². The van der Waals surface area contributed by atoms with Crippen LogP contribution in [0.1, 0.15) is 0 Å². The van der Waals surface area contributed by atoms with E-state index < -0.39 is 0 Å². The average Bonchev–Trinajstić information content (AvgIpc) is 3.53. The summed E-state index contributed by atoms with van der Waals surface area (Å²) in [7, 11) is 0. The summed E-state index contributed by atoms with van der Waals surface area (Å²) in [5, 5.41) is 6.40. The molecule has 1 heterocycles. The average molecular weight is 639 g/mol. The molecule has 1 N–H and O–H groups in total. The lowest BCUT2D eigenvalue weighted by atomic mass is 9.96. The highest BCUT2D eigenvalue weighted by Gasteiger charge is 2.15. The van der Waals surface area contributed by atoms with Crippen molar-refractivity contribution in [1.82, 2.24) is 4.57 Å². The van der Waals surface area contributed by atoms with Crippen LogP contribution in [0, 0.1) is 0 Å². The molecule has 0 saturated heterocycles. The lowest BCUT2D eigenvalue weighted by Crippen LogP contribution is -1.96. The fourth-order valence-corrected chi connectivity index (χ4v) is 7.15. The normalized spacial score (nSPS) is 11.2. The van der Waals surface area contributed by atoms with Crippen LogP contribution in [0.15, 0.2) is 200 Å². The Morgan fingerprint density at radius 1 is 0.320 bits per heavy atom. The molecule has 9 aromatic rings. The van der Waals surface area contributed by atoms with Gasteiger partial charge in [-0.25, -0.2) is 0 Å². The molecule has 1 aromatic heterocycles. The van der Waals surface area contributed by atoms with Crippen LogP contribution in [0.4, 0.5) is 11.4 Å². The molecule has 50 heavy (non-hydrogen) atoms. The Labute approximate surface area is 292 Å². The molecular weight excluding hydrogens is 605 g/mol. The molecule has 0 radical (unpaired) electrons. The smallest absolute Gasteiger partial charge is 0.0547 e. The third-order valence-electron chi connectivity index (χ3n) is 9.55. The zero-order valence-corrected chi connectivity index (χ0v) is 27.5. The van der Waals surface area contributed by atoms with Crippen LogP contribution in [0.5, 0.6) is 0 Å². The van der Waals surface area contributed by atoms with E-state index in [1.165, 1.54) is 55.2 Å². The molecule has 2 nitrogen and oxygen atoms in total. The minimum Gasteiger partial charge on any atom is -0.355 e. The molecule has 0 amide bonds. The Hall–Kier alpha value is -6.64. The summed E-state index contributed by atoms with van der Waals surface area (Å²) >= 11 is 0. The van der Waals surface area contributed by atoms with Crippen molar-refractivity contribution in [1.29, 1.82) is 0 Å². The summed E-state index contributed by atoms with van der Waals surface area (Å²) in [6.07, 6.45) is 0. The number of fused-ring (bicyclic) bond motifs is 3. The number of hydrogen-bond acceptors (Lipinski definition) is 1. The molecule has 0 aliphatic heterocycles. The summed E-state index contributed by atoms with van der Waals surface area (Å²) in [5.41, 5.74) is 15.0. The molecule has 0 fully saturated rings. The van der Waals surface area contributed by atoms with Crippen molar-refractivity contribution < 1.29 is 0 Å². The fourth-order valence-electron chi connectivity index (χ4n) is 7.15. The van der Waals surface area contributed by atoms with Crippen LogP contribution in [0.25, 0.3) is 72.0 Å². The SMILES string of the molecule is c1ccc(-c2cc(Nc3cc(-c4ccc5c6ccccc6n(-c6ccccc6)c5c4)ccc3-c3ccccc3)cc(-c3ccccc3)c2)cc1. The van der Waals surface area contributed by atoms with Crippen molar-refractivity contribution in [3.8, 4) is 50.2 Å². The van der Waals surface area contributed by atoms with Gasteiger partial charge in [0.2, 0.25) is 0 Å². The molecule has 0 atom stereocenters. The van der Waals surface area contributed by atoms with E-state index in [-0.39, 0.29) is 0 Å². The van der Waals surface area contributed by atoms with Crippen molar-refractivity contribution in [2.24, 2.45) is 0 Å². The van der Waals surface area contributed by atoms with E-state index in [2.05, 4.69) is 210 Å². The molecule has 8 aromatic carbocycles. The van der Waals surface area contributed by atoms with Gasteiger partial charge in [-0.1, -0.05) is 152 Å². The number of anilines is 2. The lowest BCUT2D eigenvalue weighted by Gasteiger charge is -2.17. The zero-order chi connectivity index (χ0) is 33.3. The third-order valence-corrected chi connectivity index (χ3v) is 9.55. The first-order valence-corrected chi connectivity index (χ1v) is 17.1. The summed E-state index contributed by atoms with van der Waals surface area (Å²) in [6, 6.07) is 71.7. The van der Waals surface area contributed by atoms with Gasteiger partial charge in [-0.15, -0.1) is 0 Å². The summed E-state index contributed by atoms with van der Waals surface area (Å²) in [6.45, 7) is 0. The van der Waals surface area contributed by atoms with Gasteiger partial charge in [0, 0.05) is 33.4 Å². The predicted molar refractivity (Wildman–Crippen MR) is 212 cm³/mol. The van der Waals surface area contributed by atoms with Gasteiger partial charge in [-0.3, -0.25) is 0 Å². The summed E-state index contributed by atoms with van der Waals surface area (Å²) in [4.78, 5) is 0. The summed E-state index contributed by atoms with van der Waals surface area (Å²) in [5.74, 6) is 0. The summed E-state index contributed by atoms with van der Waals surface area (Å²) < 4.78 is 2.38. The topological polar surface area (TPSA) is 17.0 Å². The molecule has 0 aliphatic rings. The number of para-hydroxylation sites is 2. The van der Waals surface area contributed by atoms with Crippen molar-refractivity contribution >= 4 is 33.2 Å². The minimum absolute atomic E-state index is 1.04. The fraction of sp³-hybridized carbons (Fsp3) is 0. The van der Waals surface area contributed by atoms with E-state index in [0.717, 1.165) is 28.2 Å². The maximum absolute atomic E-state index is 3.89. The van der Waals surface area contributed by atoms with Gasteiger partial charge in [0.25, 0.3) is 0 Å². The molecule has 0 unspecified atom stereocenters. The number of aromatic nitrogens is 1. The predicted octanol–water partition coefficient (Wildman–Crippen LogP) is 13.2. The quantitative estimate of drug-likeness (QED) is 0.184. The van der Waals surface area contributed by atoms with Gasteiger partial charge in [-0.2, -0.15) is 0 Å². The Morgan fingerprint density at radius 2 is 0.840 bits per heavy atom. The maximum atomic E-state index is 3.89. The van der Waals surface area contributed by atoms with Gasteiger partial charge in [-0.05, 0) is 87.5 Å². The largest absolute Gasteiger partial charge is 0.355 e. The van der Waals surface area contributed by atoms with Crippen LogP contribution in [-0.4, -0.2) is 4.57 Å². The molecule has 0 bridgehead atoms. The van der Waals surface area contributed by atoms with E-state index in [0.29, 0.717) is 0 Å². The molecule has 2 heteroatoms. The highest BCUT2D eigenvalue weighted by atomic mass is 15.0. The van der Waals surface area contributed by atoms with Crippen LogP contribution in [-0.2, 0) is 0 Å². The number of rotatable bonds is 7. The van der Waals surface area contributed by atoms with Gasteiger partial charge < -0.3 is 9.88 Å². The van der Waals surface area contributed by atoms with E-state index in [1.54, 1.807) is 0 Å². The number of nitrogens with zero attached hydrogens (tertiary/aromatic N) is 1. The Morgan fingerprint density at radius 3 is 1.50 bits per heavy atom. The van der Waals surface area contributed by atoms with E-state index >= 15 is 0 Å². The monoisotopic (exact) mass is 638 g/mol. The second-order valence-electron chi connectivity index (χ2n) is 12.7. The third kappa shape index (κ3) is 5.53. The lowest BCUT2D eigenvalue weighted by molar-refractivity contribution is 1.18. The van der Waals surface area contributed by atoms with Crippen LogP contribution in [0.2, 0.25) is 0 Å². The molecule has 0 spiro atoms.